The van der Waals surface area contributed by atoms with E-state index in [-0.39, 0.29) is 23.8 Å². The van der Waals surface area contributed by atoms with Gasteiger partial charge in [-0.15, -0.1) is 0 Å². The van der Waals surface area contributed by atoms with Gasteiger partial charge in [0.15, 0.2) is 0 Å². The van der Waals surface area contributed by atoms with E-state index in [0.29, 0.717) is 16.0 Å². The molecular formula is C16H16BrNO4. The summed E-state index contributed by atoms with van der Waals surface area (Å²) in [7, 11) is 3.13. The highest BCUT2D eigenvalue weighted by molar-refractivity contribution is 9.10. The molecule has 0 bridgehead atoms. The van der Waals surface area contributed by atoms with Crippen LogP contribution < -0.4 is 14.8 Å². The molecule has 116 valence electrons. The predicted octanol–water partition coefficient (Wildman–Crippen LogP) is 3.10. The van der Waals surface area contributed by atoms with Gasteiger partial charge in [0.1, 0.15) is 17.2 Å². The molecule has 0 atom stereocenters. The molecule has 0 aromatic heterocycles. The van der Waals surface area contributed by atoms with E-state index in [9.17, 15) is 9.90 Å². The average molecular weight is 366 g/mol. The second-order valence-corrected chi connectivity index (χ2v) is 5.44. The van der Waals surface area contributed by atoms with Crippen LogP contribution in [0.2, 0.25) is 0 Å². The number of amides is 1. The van der Waals surface area contributed by atoms with Gasteiger partial charge in [-0.2, -0.15) is 0 Å². The number of hydrogen-bond donors (Lipinski definition) is 2. The van der Waals surface area contributed by atoms with E-state index < -0.39 is 0 Å². The minimum atomic E-state index is -0.358. The standard InChI is InChI=1S/C16H16BrNO4/c1-21-12-5-3-10(15(8-12)22-2)9-18-16(20)13-6-4-11(17)7-14(13)19/h3-8,19H,9H2,1-2H3,(H,18,20). The first-order chi connectivity index (χ1) is 10.5. The largest absolute Gasteiger partial charge is 0.507 e. The second kappa shape index (κ2) is 7.17. The monoisotopic (exact) mass is 365 g/mol. The lowest BCUT2D eigenvalue weighted by Gasteiger charge is -2.12. The molecule has 0 saturated carbocycles. The van der Waals surface area contributed by atoms with Crippen LogP contribution in [0.25, 0.3) is 0 Å². The van der Waals surface area contributed by atoms with Crippen molar-refractivity contribution < 1.29 is 19.4 Å². The molecule has 2 aromatic carbocycles. The van der Waals surface area contributed by atoms with Gasteiger partial charge in [-0.1, -0.05) is 15.9 Å². The van der Waals surface area contributed by atoms with Gasteiger partial charge in [-0.3, -0.25) is 4.79 Å². The maximum atomic E-state index is 12.1. The highest BCUT2D eigenvalue weighted by atomic mass is 79.9. The Morgan fingerprint density at radius 3 is 2.59 bits per heavy atom. The predicted molar refractivity (Wildman–Crippen MR) is 86.5 cm³/mol. The van der Waals surface area contributed by atoms with E-state index in [0.717, 1.165) is 5.56 Å². The Bertz CT molecular complexity index is 688. The number of phenolic OH excluding ortho intramolecular Hbond substituents is 1. The number of methoxy groups -OCH3 is 2. The van der Waals surface area contributed by atoms with Gasteiger partial charge in [0, 0.05) is 22.6 Å². The number of benzene rings is 2. The second-order valence-electron chi connectivity index (χ2n) is 4.52. The third kappa shape index (κ3) is 3.71. The maximum absolute atomic E-state index is 12.1. The average Bonchev–Trinajstić information content (AvgIpc) is 2.52. The summed E-state index contributed by atoms with van der Waals surface area (Å²) in [6.07, 6.45) is 0. The Morgan fingerprint density at radius 2 is 1.95 bits per heavy atom. The van der Waals surface area contributed by atoms with E-state index >= 15 is 0 Å². The molecule has 0 heterocycles. The van der Waals surface area contributed by atoms with Gasteiger partial charge in [0.05, 0.1) is 19.8 Å². The number of halogens is 1. The zero-order valence-corrected chi connectivity index (χ0v) is 13.8. The van der Waals surface area contributed by atoms with Gasteiger partial charge < -0.3 is 19.9 Å². The summed E-state index contributed by atoms with van der Waals surface area (Å²) in [6, 6.07) is 10.1. The lowest BCUT2D eigenvalue weighted by atomic mass is 10.1. The molecule has 0 unspecified atom stereocenters. The van der Waals surface area contributed by atoms with Crippen molar-refractivity contribution in [2.75, 3.05) is 14.2 Å². The summed E-state index contributed by atoms with van der Waals surface area (Å²) in [5, 5.41) is 12.5. The van der Waals surface area contributed by atoms with Crippen LogP contribution in [0.1, 0.15) is 15.9 Å². The van der Waals surface area contributed by atoms with Crippen molar-refractivity contribution in [3.05, 3.63) is 52.0 Å². The van der Waals surface area contributed by atoms with Crippen molar-refractivity contribution in [2.45, 2.75) is 6.54 Å². The van der Waals surface area contributed by atoms with Crippen molar-refractivity contribution >= 4 is 21.8 Å². The molecule has 6 heteroatoms. The summed E-state index contributed by atoms with van der Waals surface area (Å²) in [5.74, 6) is 0.869. The normalized spacial score (nSPS) is 10.1. The van der Waals surface area contributed by atoms with Crippen LogP contribution in [0.4, 0.5) is 0 Å². The number of carbonyl (C=O) groups excluding carboxylic acids is 1. The first-order valence-electron chi connectivity index (χ1n) is 6.52. The zero-order valence-electron chi connectivity index (χ0n) is 12.2. The fraction of sp³-hybridized carbons (Fsp3) is 0.188. The molecule has 5 nitrogen and oxygen atoms in total. The van der Waals surface area contributed by atoms with Crippen molar-refractivity contribution in [3.8, 4) is 17.2 Å². The minimum Gasteiger partial charge on any atom is -0.507 e. The van der Waals surface area contributed by atoms with Crippen molar-refractivity contribution in [2.24, 2.45) is 0 Å². The molecule has 0 aliphatic rings. The molecule has 2 aromatic rings. The van der Waals surface area contributed by atoms with Gasteiger partial charge in [-0.25, -0.2) is 0 Å². The fourth-order valence-electron chi connectivity index (χ4n) is 1.97. The Labute approximate surface area is 137 Å². The molecule has 1 amide bonds. The van der Waals surface area contributed by atoms with E-state index in [1.165, 1.54) is 6.07 Å². The molecule has 2 N–H and O–H groups in total. The molecule has 22 heavy (non-hydrogen) atoms. The fourth-order valence-corrected chi connectivity index (χ4v) is 2.31. The summed E-state index contributed by atoms with van der Waals surface area (Å²) in [6.45, 7) is 0.279. The van der Waals surface area contributed by atoms with Crippen molar-refractivity contribution in [1.29, 1.82) is 0 Å². The van der Waals surface area contributed by atoms with Crippen LogP contribution >= 0.6 is 15.9 Å². The lowest BCUT2D eigenvalue weighted by molar-refractivity contribution is 0.0948. The Kier molecular flexibility index (Phi) is 5.27. The van der Waals surface area contributed by atoms with Crippen LogP contribution in [0.3, 0.4) is 0 Å². The van der Waals surface area contributed by atoms with Crippen LogP contribution in [-0.4, -0.2) is 25.2 Å². The number of hydrogen-bond acceptors (Lipinski definition) is 4. The third-order valence-electron chi connectivity index (χ3n) is 3.14. The summed E-state index contributed by atoms with van der Waals surface area (Å²) < 4.78 is 11.1. The summed E-state index contributed by atoms with van der Waals surface area (Å²) in [4.78, 5) is 12.1. The quantitative estimate of drug-likeness (QED) is 0.854. The van der Waals surface area contributed by atoms with Crippen molar-refractivity contribution in [3.63, 3.8) is 0 Å². The maximum Gasteiger partial charge on any atom is 0.255 e. The third-order valence-corrected chi connectivity index (χ3v) is 3.63. The number of aromatic hydroxyl groups is 1. The first kappa shape index (κ1) is 16.2. The van der Waals surface area contributed by atoms with Gasteiger partial charge in [0.2, 0.25) is 0 Å². The molecular weight excluding hydrogens is 350 g/mol. The van der Waals surface area contributed by atoms with Gasteiger partial charge in [-0.05, 0) is 30.3 Å². The van der Waals surface area contributed by atoms with Crippen LogP contribution in [0.5, 0.6) is 17.2 Å². The number of ether oxygens (including phenoxy) is 2. The lowest BCUT2D eigenvalue weighted by Crippen LogP contribution is -2.23. The number of rotatable bonds is 5. The topological polar surface area (TPSA) is 67.8 Å². The molecule has 0 spiro atoms. The molecule has 0 aliphatic heterocycles. The first-order valence-corrected chi connectivity index (χ1v) is 7.32. The summed E-state index contributed by atoms with van der Waals surface area (Å²) in [5.41, 5.74) is 1.03. The molecule has 0 saturated heterocycles. The highest BCUT2D eigenvalue weighted by Crippen LogP contribution is 2.25. The van der Waals surface area contributed by atoms with E-state index in [1.807, 2.05) is 6.07 Å². The smallest absolute Gasteiger partial charge is 0.255 e. The Hall–Kier alpha value is -2.21. The highest BCUT2D eigenvalue weighted by Gasteiger charge is 2.12. The Morgan fingerprint density at radius 1 is 1.18 bits per heavy atom. The van der Waals surface area contributed by atoms with E-state index in [4.69, 9.17) is 9.47 Å². The van der Waals surface area contributed by atoms with Crippen LogP contribution in [-0.2, 0) is 6.54 Å². The molecule has 0 radical (unpaired) electrons. The summed E-state index contributed by atoms with van der Waals surface area (Å²) >= 11 is 3.23. The van der Waals surface area contributed by atoms with Crippen LogP contribution in [0, 0.1) is 0 Å². The molecule has 2 rings (SSSR count). The Balaban J connectivity index is 2.11. The zero-order chi connectivity index (χ0) is 16.1. The number of phenols is 1. The van der Waals surface area contributed by atoms with Crippen LogP contribution in [0.15, 0.2) is 40.9 Å². The van der Waals surface area contributed by atoms with Gasteiger partial charge in [0.25, 0.3) is 5.91 Å². The molecule has 0 aliphatic carbocycles. The minimum absolute atomic E-state index is 0.0754. The van der Waals surface area contributed by atoms with E-state index in [2.05, 4.69) is 21.2 Å². The van der Waals surface area contributed by atoms with E-state index in [1.54, 1.807) is 38.5 Å². The molecule has 0 fully saturated rings. The van der Waals surface area contributed by atoms with Crippen molar-refractivity contribution in [1.82, 2.24) is 5.32 Å². The van der Waals surface area contributed by atoms with Gasteiger partial charge >= 0.3 is 0 Å². The SMILES string of the molecule is COc1ccc(CNC(=O)c2ccc(Br)cc2O)c(OC)c1. The number of nitrogens with one attached hydrogen (secondary N) is 1. The number of carbonyl (C=O) groups is 1.